The van der Waals surface area contributed by atoms with E-state index in [2.05, 4.69) is 0 Å². The van der Waals surface area contributed by atoms with Crippen LogP contribution in [0, 0.1) is 5.41 Å². The minimum Gasteiger partial charge on any atom is -0.503 e. The molecule has 0 aromatic heterocycles. The van der Waals surface area contributed by atoms with Gasteiger partial charge < -0.3 is 24.4 Å². The van der Waals surface area contributed by atoms with E-state index in [1.165, 1.54) is 0 Å². The molecule has 0 aliphatic carbocycles. The molecule has 1 aromatic rings. The van der Waals surface area contributed by atoms with Gasteiger partial charge in [-0.1, -0.05) is 26.8 Å². The van der Waals surface area contributed by atoms with Crippen LogP contribution in [0.25, 0.3) is 0 Å². The molecule has 1 unspecified atom stereocenters. The molecule has 1 heterocycles. The van der Waals surface area contributed by atoms with Gasteiger partial charge in [-0.25, -0.2) is 0 Å². The third-order valence-corrected chi connectivity index (χ3v) is 5.04. The number of aliphatic hydroxyl groups excluding tert-OH is 1. The summed E-state index contributed by atoms with van der Waals surface area (Å²) in [6, 6.07) is 4.69. The molecule has 0 spiro atoms. The Morgan fingerprint density at radius 3 is 2.43 bits per heavy atom. The van der Waals surface area contributed by atoms with Gasteiger partial charge in [0.2, 0.25) is 0 Å². The highest BCUT2D eigenvalue weighted by molar-refractivity contribution is 6.10. The van der Waals surface area contributed by atoms with E-state index in [1.54, 1.807) is 44.9 Å². The fraction of sp³-hybridized carbons (Fsp3) is 0.565. The number of hydrogen-bond acceptors (Lipinski definition) is 6. The van der Waals surface area contributed by atoms with Gasteiger partial charge in [-0.3, -0.25) is 9.59 Å². The quantitative estimate of drug-likeness (QED) is 0.663. The van der Waals surface area contributed by atoms with Gasteiger partial charge in [-0.05, 0) is 51.7 Å². The molecular formula is C23H34N2O5. The predicted octanol–water partition coefficient (Wildman–Crippen LogP) is 3.36. The lowest BCUT2D eigenvalue weighted by Gasteiger charge is -2.29. The first-order valence-corrected chi connectivity index (χ1v) is 10.3. The number of carbonyl (C=O) groups is 2. The summed E-state index contributed by atoms with van der Waals surface area (Å²) in [6.45, 7) is 8.92. The number of ketones is 1. The van der Waals surface area contributed by atoms with Gasteiger partial charge in [0.1, 0.15) is 0 Å². The van der Waals surface area contributed by atoms with E-state index in [0.717, 1.165) is 6.54 Å². The van der Waals surface area contributed by atoms with Crippen molar-refractivity contribution in [2.75, 3.05) is 40.9 Å². The molecule has 0 saturated carbocycles. The highest BCUT2D eigenvalue weighted by atomic mass is 16.5. The summed E-state index contributed by atoms with van der Waals surface area (Å²) >= 11 is 0. The average molecular weight is 419 g/mol. The molecule has 166 valence electrons. The second-order valence-corrected chi connectivity index (χ2v) is 8.74. The van der Waals surface area contributed by atoms with Gasteiger partial charge in [-0.15, -0.1) is 0 Å². The van der Waals surface area contributed by atoms with Crippen LogP contribution in [-0.4, -0.2) is 67.5 Å². The molecule has 1 aliphatic rings. The van der Waals surface area contributed by atoms with Crippen LogP contribution in [0.2, 0.25) is 0 Å². The Morgan fingerprint density at radius 1 is 1.23 bits per heavy atom. The number of nitrogens with zero attached hydrogens (tertiary/aromatic N) is 2. The Hall–Kier alpha value is -2.54. The summed E-state index contributed by atoms with van der Waals surface area (Å²) in [6.07, 6.45) is 0.716. The molecule has 2 rings (SSSR count). The minimum atomic E-state index is -0.739. The van der Waals surface area contributed by atoms with E-state index in [1.807, 2.05) is 32.0 Å². The standard InChI is InChI=1S/C23H34N2O5/c1-8-30-16-11-10-15(14-17(16)29-7)19-18(21(27)23(2,3)4)20(26)22(28)25(19)13-9-12-24(5)6/h10-11,14,19,26H,8-9,12-13H2,1-7H3. The summed E-state index contributed by atoms with van der Waals surface area (Å²) in [5.41, 5.74) is 0.102. The zero-order chi connectivity index (χ0) is 22.6. The van der Waals surface area contributed by atoms with Crippen molar-refractivity contribution in [2.24, 2.45) is 5.41 Å². The first-order chi connectivity index (χ1) is 14.0. The van der Waals surface area contributed by atoms with Crippen molar-refractivity contribution in [1.82, 2.24) is 9.80 Å². The lowest BCUT2D eigenvalue weighted by molar-refractivity contribution is -0.129. The Bertz CT molecular complexity index is 823. The van der Waals surface area contributed by atoms with Crippen molar-refractivity contribution >= 4 is 11.7 Å². The van der Waals surface area contributed by atoms with Gasteiger partial charge in [0.15, 0.2) is 23.0 Å². The van der Waals surface area contributed by atoms with Crippen molar-refractivity contribution in [3.63, 3.8) is 0 Å². The van der Waals surface area contributed by atoms with Crippen LogP contribution in [0.4, 0.5) is 0 Å². The normalized spacial score (nSPS) is 17.1. The number of aliphatic hydroxyl groups is 1. The second kappa shape index (κ2) is 9.51. The Kier molecular flexibility index (Phi) is 7.53. The van der Waals surface area contributed by atoms with Gasteiger partial charge in [0.05, 0.1) is 25.3 Å². The van der Waals surface area contributed by atoms with Crippen LogP contribution >= 0.6 is 0 Å². The average Bonchev–Trinajstić information content (AvgIpc) is 2.91. The largest absolute Gasteiger partial charge is 0.503 e. The molecule has 0 fully saturated rings. The van der Waals surface area contributed by atoms with Crippen molar-refractivity contribution in [2.45, 2.75) is 40.2 Å². The van der Waals surface area contributed by atoms with Crippen molar-refractivity contribution in [1.29, 1.82) is 0 Å². The SMILES string of the molecule is CCOc1ccc(C2C(C(=O)C(C)(C)C)=C(O)C(=O)N2CCCN(C)C)cc1OC. The summed E-state index contributed by atoms with van der Waals surface area (Å²) in [5.74, 6) is -0.119. The molecule has 0 saturated heterocycles. The fourth-order valence-corrected chi connectivity index (χ4v) is 3.55. The van der Waals surface area contributed by atoms with E-state index in [0.29, 0.717) is 36.6 Å². The lowest BCUT2D eigenvalue weighted by atomic mass is 9.82. The van der Waals surface area contributed by atoms with Crippen LogP contribution in [0.1, 0.15) is 45.7 Å². The number of benzene rings is 1. The molecule has 1 N–H and O–H groups in total. The van der Waals surface area contributed by atoms with E-state index in [-0.39, 0.29) is 11.4 Å². The van der Waals surface area contributed by atoms with Crippen LogP contribution in [0.5, 0.6) is 11.5 Å². The topological polar surface area (TPSA) is 79.3 Å². The van der Waals surface area contributed by atoms with E-state index in [4.69, 9.17) is 9.47 Å². The molecular weight excluding hydrogens is 384 g/mol. The number of Topliss-reactive ketones (excluding diaryl/α,β-unsaturated/α-hetero) is 1. The highest BCUT2D eigenvalue weighted by Gasteiger charge is 2.45. The summed E-state index contributed by atoms with van der Waals surface area (Å²) in [5, 5.41) is 10.7. The van der Waals surface area contributed by atoms with Crippen molar-refractivity contribution in [3.8, 4) is 11.5 Å². The number of amides is 1. The third-order valence-electron chi connectivity index (χ3n) is 5.04. The maximum Gasteiger partial charge on any atom is 0.290 e. The van der Waals surface area contributed by atoms with Crippen molar-refractivity contribution in [3.05, 3.63) is 35.1 Å². The Balaban J connectivity index is 2.54. The third kappa shape index (κ3) is 4.95. The van der Waals surface area contributed by atoms with Crippen LogP contribution in [0.3, 0.4) is 0 Å². The van der Waals surface area contributed by atoms with Gasteiger partial charge in [0, 0.05) is 12.0 Å². The molecule has 1 aromatic carbocycles. The van der Waals surface area contributed by atoms with Gasteiger partial charge in [0.25, 0.3) is 5.91 Å². The number of hydrogen-bond donors (Lipinski definition) is 1. The second-order valence-electron chi connectivity index (χ2n) is 8.74. The fourth-order valence-electron chi connectivity index (χ4n) is 3.55. The maximum atomic E-state index is 13.2. The summed E-state index contributed by atoms with van der Waals surface area (Å²) in [7, 11) is 5.47. The Labute approximate surface area is 179 Å². The molecule has 7 nitrogen and oxygen atoms in total. The van der Waals surface area contributed by atoms with Crippen LogP contribution in [0.15, 0.2) is 29.5 Å². The molecule has 1 amide bonds. The van der Waals surface area contributed by atoms with E-state index < -0.39 is 23.1 Å². The minimum absolute atomic E-state index is 0.142. The van der Waals surface area contributed by atoms with Gasteiger partial charge in [-0.2, -0.15) is 0 Å². The maximum absolute atomic E-state index is 13.2. The number of carbonyl (C=O) groups excluding carboxylic acids is 2. The van der Waals surface area contributed by atoms with E-state index >= 15 is 0 Å². The summed E-state index contributed by atoms with van der Waals surface area (Å²) < 4.78 is 11.1. The summed E-state index contributed by atoms with van der Waals surface area (Å²) in [4.78, 5) is 29.7. The molecule has 0 bridgehead atoms. The number of rotatable bonds is 9. The van der Waals surface area contributed by atoms with Crippen LogP contribution < -0.4 is 9.47 Å². The van der Waals surface area contributed by atoms with Crippen LogP contribution in [-0.2, 0) is 9.59 Å². The molecule has 0 radical (unpaired) electrons. The zero-order valence-corrected chi connectivity index (χ0v) is 19.1. The number of ether oxygens (including phenoxy) is 2. The smallest absolute Gasteiger partial charge is 0.290 e. The molecule has 30 heavy (non-hydrogen) atoms. The highest BCUT2D eigenvalue weighted by Crippen LogP contribution is 2.43. The zero-order valence-electron chi connectivity index (χ0n) is 19.1. The molecule has 1 aliphatic heterocycles. The first kappa shape index (κ1) is 23.7. The van der Waals surface area contributed by atoms with Crippen molar-refractivity contribution < 1.29 is 24.2 Å². The molecule has 1 atom stereocenters. The first-order valence-electron chi connectivity index (χ1n) is 10.3. The van der Waals surface area contributed by atoms with Gasteiger partial charge >= 0.3 is 0 Å². The Morgan fingerprint density at radius 2 is 1.90 bits per heavy atom. The predicted molar refractivity (Wildman–Crippen MR) is 116 cm³/mol. The monoisotopic (exact) mass is 418 g/mol. The number of methoxy groups -OCH3 is 1. The molecule has 7 heteroatoms. The lowest BCUT2D eigenvalue weighted by Crippen LogP contribution is -2.34. The van der Waals surface area contributed by atoms with E-state index in [9.17, 15) is 14.7 Å².